The minimum atomic E-state index is -1.19. The highest BCUT2D eigenvalue weighted by Gasteiger charge is 2.75. The average molecular weight is 390 g/mol. The Balaban J connectivity index is 1.74. The fraction of sp³-hybridized carbons (Fsp3) is 0.773. The molecule has 0 radical (unpaired) electrons. The van der Waals surface area contributed by atoms with E-state index in [2.05, 4.69) is 6.58 Å². The van der Waals surface area contributed by atoms with Gasteiger partial charge in [-0.25, -0.2) is 0 Å². The quantitative estimate of drug-likeness (QED) is 0.420. The summed E-state index contributed by atoms with van der Waals surface area (Å²) in [7, 11) is 0. The zero-order chi connectivity index (χ0) is 20.6. The average Bonchev–Trinajstić information content (AvgIpc) is 3.31. The molecule has 7 atom stereocenters. The number of carbonyl (C=O) groups is 3. The minimum Gasteiger partial charge on any atom is -0.462 e. The molecule has 1 heterocycles. The Morgan fingerprint density at radius 3 is 2.57 bits per heavy atom. The van der Waals surface area contributed by atoms with Crippen LogP contribution in [0, 0.1) is 22.7 Å². The van der Waals surface area contributed by atoms with Gasteiger partial charge in [-0.1, -0.05) is 27.4 Å². The number of hydrogen-bond acceptors (Lipinski definition) is 6. The lowest BCUT2D eigenvalue weighted by Crippen LogP contribution is -2.56. The van der Waals surface area contributed by atoms with Gasteiger partial charge in [-0.15, -0.1) is 0 Å². The van der Waals surface area contributed by atoms with Gasteiger partial charge in [0.05, 0.1) is 6.10 Å². The van der Waals surface area contributed by atoms with Crippen molar-refractivity contribution in [2.75, 3.05) is 0 Å². The van der Waals surface area contributed by atoms with Crippen LogP contribution in [0.25, 0.3) is 0 Å². The first-order chi connectivity index (χ1) is 13.0. The van der Waals surface area contributed by atoms with Crippen LogP contribution in [0.5, 0.6) is 0 Å². The highest BCUT2D eigenvalue weighted by Crippen LogP contribution is 2.61. The van der Waals surface area contributed by atoms with Crippen molar-refractivity contribution >= 4 is 17.5 Å². The lowest BCUT2D eigenvalue weighted by Gasteiger charge is -2.54. The predicted molar refractivity (Wildman–Crippen MR) is 100 cm³/mol. The van der Waals surface area contributed by atoms with Crippen LogP contribution in [-0.2, 0) is 23.9 Å². The van der Waals surface area contributed by atoms with Crippen LogP contribution in [0.3, 0.4) is 0 Å². The number of rotatable bonds is 1. The van der Waals surface area contributed by atoms with E-state index in [0.29, 0.717) is 31.3 Å². The summed E-state index contributed by atoms with van der Waals surface area (Å²) in [6, 6.07) is 0. The summed E-state index contributed by atoms with van der Waals surface area (Å²) in [6.45, 7) is 11.3. The second-order valence-corrected chi connectivity index (χ2v) is 9.93. The van der Waals surface area contributed by atoms with E-state index in [1.54, 1.807) is 0 Å². The molecule has 1 aliphatic heterocycles. The topological polar surface area (TPSA) is 93.2 Å². The molecule has 154 valence electrons. The van der Waals surface area contributed by atoms with Crippen LogP contribution in [0.15, 0.2) is 12.2 Å². The van der Waals surface area contributed by atoms with Crippen molar-refractivity contribution in [1.29, 1.82) is 0 Å². The maximum absolute atomic E-state index is 13.3. The smallest absolute Gasteiger partial charge is 0.302 e. The number of hydrogen-bond donors (Lipinski definition) is 1. The number of ketones is 2. The van der Waals surface area contributed by atoms with E-state index >= 15 is 0 Å². The number of carbonyl (C=O) groups excluding carboxylic acids is 3. The van der Waals surface area contributed by atoms with E-state index in [-0.39, 0.29) is 48.0 Å². The number of esters is 1. The zero-order valence-corrected chi connectivity index (χ0v) is 17.1. The Labute approximate surface area is 165 Å². The number of fused-ring (bicyclic) bond motifs is 1. The van der Waals surface area contributed by atoms with Gasteiger partial charge >= 0.3 is 5.97 Å². The number of ether oxygens (including phenoxy) is 2. The molecule has 3 aliphatic carbocycles. The largest absolute Gasteiger partial charge is 0.462 e. The normalized spacial score (nSPS) is 47.2. The molecule has 4 rings (SSSR count). The van der Waals surface area contributed by atoms with Crippen LogP contribution >= 0.6 is 0 Å². The van der Waals surface area contributed by atoms with Crippen molar-refractivity contribution in [3.05, 3.63) is 12.2 Å². The summed E-state index contributed by atoms with van der Waals surface area (Å²) in [5, 5.41) is 11.1. The lowest BCUT2D eigenvalue weighted by atomic mass is 9.51. The van der Waals surface area contributed by atoms with E-state index in [9.17, 15) is 19.5 Å². The molecule has 0 unspecified atom stereocenters. The second kappa shape index (κ2) is 5.99. The predicted octanol–water partition coefficient (Wildman–Crippen LogP) is 2.37. The summed E-state index contributed by atoms with van der Waals surface area (Å²) in [4.78, 5) is 37.8. The highest BCUT2D eigenvalue weighted by atomic mass is 16.6. The fourth-order valence-corrected chi connectivity index (χ4v) is 6.39. The summed E-state index contributed by atoms with van der Waals surface area (Å²) < 4.78 is 11.4. The first-order valence-electron chi connectivity index (χ1n) is 10.3. The van der Waals surface area contributed by atoms with Crippen LogP contribution < -0.4 is 0 Å². The van der Waals surface area contributed by atoms with Gasteiger partial charge in [0.15, 0.2) is 11.4 Å². The van der Waals surface area contributed by atoms with Gasteiger partial charge in [0, 0.05) is 30.1 Å². The Morgan fingerprint density at radius 2 is 1.93 bits per heavy atom. The van der Waals surface area contributed by atoms with Crippen LogP contribution in [0.1, 0.15) is 59.8 Å². The molecule has 0 aromatic heterocycles. The third kappa shape index (κ3) is 2.43. The van der Waals surface area contributed by atoms with E-state index in [1.807, 2.05) is 20.8 Å². The van der Waals surface area contributed by atoms with Crippen LogP contribution in [0.2, 0.25) is 0 Å². The maximum Gasteiger partial charge on any atom is 0.302 e. The van der Waals surface area contributed by atoms with Crippen molar-refractivity contribution in [3.63, 3.8) is 0 Å². The van der Waals surface area contributed by atoms with E-state index < -0.39 is 22.5 Å². The number of aliphatic hydroxyl groups excluding tert-OH is 1. The second-order valence-electron chi connectivity index (χ2n) is 9.93. The Bertz CT molecular complexity index is 769. The molecule has 0 spiro atoms. The monoisotopic (exact) mass is 390 g/mol. The van der Waals surface area contributed by atoms with Gasteiger partial charge in [0.25, 0.3) is 0 Å². The van der Waals surface area contributed by atoms with Gasteiger partial charge in [0.2, 0.25) is 0 Å². The van der Waals surface area contributed by atoms with Crippen molar-refractivity contribution < 1.29 is 29.0 Å². The molecule has 3 saturated carbocycles. The molecule has 6 nitrogen and oxygen atoms in total. The molecule has 1 saturated heterocycles. The Kier molecular flexibility index (Phi) is 4.23. The van der Waals surface area contributed by atoms with Crippen molar-refractivity contribution in [2.24, 2.45) is 22.7 Å². The van der Waals surface area contributed by atoms with E-state index in [0.717, 1.165) is 0 Å². The van der Waals surface area contributed by atoms with Crippen molar-refractivity contribution in [3.8, 4) is 0 Å². The van der Waals surface area contributed by atoms with Gasteiger partial charge in [-0.05, 0) is 37.2 Å². The molecule has 6 heteroatoms. The fourth-order valence-electron chi connectivity index (χ4n) is 6.39. The van der Waals surface area contributed by atoms with Crippen molar-refractivity contribution in [2.45, 2.75) is 83.7 Å². The first-order valence-corrected chi connectivity index (χ1v) is 10.3. The summed E-state index contributed by atoms with van der Waals surface area (Å²) in [6.07, 6.45) is 0.662. The molecular weight excluding hydrogens is 360 g/mol. The van der Waals surface area contributed by atoms with Crippen molar-refractivity contribution in [1.82, 2.24) is 0 Å². The summed E-state index contributed by atoms with van der Waals surface area (Å²) in [5.41, 5.74) is -1.86. The molecule has 1 N–H and O–H groups in total. The molecule has 0 aromatic carbocycles. The minimum absolute atomic E-state index is 0.152. The standard InChI is InChI=1S/C22H30O6/c1-11-13-6-7-15(24)21(5)9-8-17(27-12(2)23)20(3,4)14(21)10-16(25)22(18(11)26)19(13)28-22/h13-14,16-17,19,25H,1,6-10H2,2-5H3/t13-,14+,16-,17-,19-,21-,22+/m0/s1. The molecule has 0 aromatic rings. The summed E-state index contributed by atoms with van der Waals surface area (Å²) >= 11 is 0. The first kappa shape index (κ1) is 19.8. The molecular formula is C22H30O6. The number of aliphatic hydroxyl groups is 1. The molecule has 28 heavy (non-hydrogen) atoms. The SMILES string of the molecule is C=C1C(=O)[C@@]23O[C@H]2[C@H]1CCC(=O)[C@@]1(C)CC[C@H](OC(C)=O)C(C)(C)[C@H]1C[C@@H]3O. The molecule has 4 fully saturated rings. The molecule has 4 aliphatic rings. The van der Waals surface area contributed by atoms with Gasteiger partial charge < -0.3 is 14.6 Å². The highest BCUT2D eigenvalue weighted by molar-refractivity contribution is 6.08. The lowest BCUT2D eigenvalue weighted by molar-refractivity contribution is -0.174. The van der Waals surface area contributed by atoms with Crippen LogP contribution in [-0.4, -0.2) is 46.6 Å². The Hall–Kier alpha value is -1.53. The van der Waals surface area contributed by atoms with Gasteiger partial charge in [-0.2, -0.15) is 0 Å². The van der Waals surface area contributed by atoms with E-state index in [4.69, 9.17) is 9.47 Å². The van der Waals surface area contributed by atoms with E-state index in [1.165, 1.54) is 6.92 Å². The maximum atomic E-state index is 13.3. The third-order valence-electron chi connectivity index (χ3n) is 8.15. The number of Topliss-reactive ketones (excluding diaryl/α,β-unsaturated/α-hetero) is 2. The van der Waals surface area contributed by atoms with Crippen LogP contribution in [0.4, 0.5) is 0 Å². The molecule has 2 bridgehead atoms. The Morgan fingerprint density at radius 1 is 1.25 bits per heavy atom. The number of epoxide rings is 1. The third-order valence-corrected chi connectivity index (χ3v) is 8.15. The summed E-state index contributed by atoms with van der Waals surface area (Å²) in [5.74, 6) is -0.826. The zero-order valence-electron chi connectivity index (χ0n) is 17.1. The molecule has 0 amide bonds. The van der Waals surface area contributed by atoms with Gasteiger partial charge in [-0.3, -0.25) is 14.4 Å². The van der Waals surface area contributed by atoms with Gasteiger partial charge in [0.1, 0.15) is 18.0 Å².